The first kappa shape index (κ1) is 15.4. The Morgan fingerprint density at radius 3 is 2.63 bits per heavy atom. The third kappa shape index (κ3) is 6.16. The molecule has 3 N–H and O–H groups in total. The van der Waals surface area contributed by atoms with Gasteiger partial charge in [0.15, 0.2) is 6.10 Å². The molecule has 108 valence electrons. The van der Waals surface area contributed by atoms with Crippen LogP contribution in [0.5, 0.6) is 0 Å². The van der Waals surface area contributed by atoms with E-state index in [1.54, 1.807) is 4.90 Å². The third-order valence-electron chi connectivity index (χ3n) is 2.61. The molecule has 0 aliphatic carbocycles. The van der Waals surface area contributed by atoms with E-state index in [4.69, 9.17) is 9.84 Å². The normalized spacial score (nSPS) is 19.7. The fourth-order valence-electron chi connectivity index (χ4n) is 1.69. The summed E-state index contributed by atoms with van der Waals surface area (Å²) in [6.45, 7) is 3.30. The van der Waals surface area contributed by atoms with Crippen LogP contribution in [-0.2, 0) is 19.1 Å². The number of nitrogens with one attached hydrogen (secondary N) is 2. The molecule has 1 heterocycles. The summed E-state index contributed by atoms with van der Waals surface area (Å²) in [7, 11) is 0. The molecule has 0 spiro atoms. The van der Waals surface area contributed by atoms with Crippen molar-refractivity contribution >= 4 is 17.8 Å². The number of hydrogen-bond donors (Lipinski definition) is 3. The van der Waals surface area contributed by atoms with Crippen LogP contribution < -0.4 is 10.6 Å². The van der Waals surface area contributed by atoms with Crippen molar-refractivity contribution in [3.8, 4) is 0 Å². The molecule has 1 aliphatic heterocycles. The minimum absolute atomic E-state index is 0.132. The first-order valence-corrected chi connectivity index (χ1v) is 6.07. The van der Waals surface area contributed by atoms with Crippen LogP contribution in [0.15, 0.2) is 0 Å². The Bertz CT molecular complexity index is 347. The van der Waals surface area contributed by atoms with Gasteiger partial charge in [0.05, 0.1) is 13.2 Å². The minimum Gasteiger partial charge on any atom is -0.479 e. The summed E-state index contributed by atoms with van der Waals surface area (Å²) in [6.07, 6.45) is -0.874. The molecule has 8 heteroatoms. The van der Waals surface area contributed by atoms with Crippen LogP contribution in [0.2, 0.25) is 0 Å². The number of amides is 2. The molecule has 1 unspecified atom stereocenters. The summed E-state index contributed by atoms with van der Waals surface area (Å²) in [5, 5.41) is 14.0. The maximum Gasteiger partial charge on any atom is 0.334 e. The predicted molar refractivity (Wildman–Crippen MR) is 65.5 cm³/mol. The summed E-state index contributed by atoms with van der Waals surface area (Å²) in [6, 6.07) is 0. The topological polar surface area (TPSA) is 108 Å². The van der Waals surface area contributed by atoms with Crippen LogP contribution in [-0.4, -0.2) is 73.2 Å². The maximum absolute atomic E-state index is 11.6. The largest absolute Gasteiger partial charge is 0.479 e. The van der Waals surface area contributed by atoms with Gasteiger partial charge in [-0.3, -0.25) is 14.5 Å². The van der Waals surface area contributed by atoms with Crippen LogP contribution in [0.25, 0.3) is 0 Å². The van der Waals surface area contributed by atoms with Gasteiger partial charge in [-0.25, -0.2) is 4.79 Å². The third-order valence-corrected chi connectivity index (χ3v) is 2.61. The predicted octanol–water partition coefficient (Wildman–Crippen LogP) is -1.98. The highest BCUT2D eigenvalue weighted by Gasteiger charge is 2.26. The molecular formula is C11H19N3O5. The van der Waals surface area contributed by atoms with Crippen LogP contribution in [0.3, 0.4) is 0 Å². The first-order chi connectivity index (χ1) is 8.99. The lowest BCUT2D eigenvalue weighted by Crippen LogP contribution is -2.49. The highest BCUT2D eigenvalue weighted by atomic mass is 16.5. The van der Waals surface area contributed by atoms with Gasteiger partial charge in [-0.05, 0) is 0 Å². The number of carboxylic acids is 1. The number of ether oxygens (including phenoxy) is 1. The standard InChI is InChI=1S/C11H19N3O5/c1-8(15)12-2-3-13-10(16)7-14-4-5-19-9(6-14)11(17)18/h9H,2-7H2,1H3,(H,12,15)(H,13,16)(H,17,18). The zero-order chi connectivity index (χ0) is 14.3. The molecule has 0 aromatic carbocycles. The second-order valence-corrected chi connectivity index (χ2v) is 4.27. The molecule has 19 heavy (non-hydrogen) atoms. The Morgan fingerprint density at radius 2 is 2.00 bits per heavy atom. The zero-order valence-electron chi connectivity index (χ0n) is 10.8. The number of morpholine rings is 1. The highest BCUT2D eigenvalue weighted by molar-refractivity contribution is 5.78. The van der Waals surface area contributed by atoms with Crippen molar-refractivity contribution in [3.63, 3.8) is 0 Å². The molecule has 1 saturated heterocycles. The zero-order valence-corrected chi connectivity index (χ0v) is 10.8. The van der Waals surface area contributed by atoms with E-state index in [1.165, 1.54) is 6.92 Å². The van der Waals surface area contributed by atoms with Crippen molar-refractivity contribution in [2.75, 3.05) is 39.3 Å². The van der Waals surface area contributed by atoms with Gasteiger partial charge in [0.25, 0.3) is 0 Å². The van der Waals surface area contributed by atoms with Crippen molar-refractivity contribution in [1.29, 1.82) is 0 Å². The van der Waals surface area contributed by atoms with Gasteiger partial charge in [-0.2, -0.15) is 0 Å². The van der Waals surface area contributed by atoms with Gasteiger partial charge in [-0.15, -0.1) is 0 Å². The molecule has 1 fully saturated rings. The lowest BCUT2D eigenvalue weighted by molar-refractivity contribution is -0.156. The van der Waals surface area contributed by atoms with E-state index in [1.807, 2.05) is 0 Å². The van der Waals surface area contributed by atoms with E-state index >= 15 is 0 Å². The van der Waals surface area contributed by atoms with Gasteiger partial charge >= 0.3 is 5.97 Å². The molecule has 0 bridgehead atoms. The average molecular weight is 273 g/mol. The molecule has 0 aromatic rings. The van der Waals surface area contributed by atoms with Crippen LogP contribution in [0.4, 0.5) is 0 Å². The van der Waals surface area contributed by atoms with E-state index in [0.717, 1.165) is 0 Å². The smallest absolute Gasteiger partial charge is 0.334 e. The van der Waals surface area contributed by atoms with E-state index in [0.29, 0.717) is 26.2 Å². The van der Waals surface area contributed by atoms with Crippen molar-refractivity contribution in [1.82, 2.24) is 15.5 Å². The van der Waals surface area contributed by atoms with E-state index in [-0.39, 0.29) is 24.9 Å². The van der Waals surface area contributed by atoms with Crippen LogP contribution in [0, 0.1) is 0 Å². The Hall–Kier alpha value is -1.67. The summed E-state index contributed by atoms with van der Waals surface area (Å²) >= 11 is 0. The van der Waals surface area contributed by atoms with E-state index < -0.39 is 12.1 Å². The summed E-state index contributed by atoms with van der Waals surface area (Å²) in [5.74, 6) is -1.36. The monoisotopic (exact) mass is 273 g/mol. The van der Waals surface area contributed by atoms with Gasteiger partial charge in [-0.1, -0.05) is 0 Å². The molecule has 0 saturated carbocycles. The number of rotatable bonds is 6. The minimum atomic E-state index is -1.02. The van der Waals surface area contributed by atoms with E-state index in [2.05, 4.69) is 10.6 Å². The Labute approximate surface area is 111 Å². The second-order valence-electron chi connectivity index (χ2n) is 4.27. The number of hydrogen-bond acceptors (Lipinski definition) is 5. The number of nitrogens with zero attached hydrogens (tertiary/aromatic N) is 1. The first-order valence-electron chi connectivity index (χ1n) is 6.07. The Morgan fingerprint density at radius 1 is 1.32 bits per heavy atom. The molecule has 1 aliphatic rings. The number of aliphatic carboxylic acids is 1. The molecule has 2 amide bonds. The molecule has 0 aromatic heterocycles. The lowest BCUT2D eigenvalue weighted by atomic mass is 10.2. The van der Waals surface area contributed by atoms with Gasteiger partial charge in [0, 0.05) is 33.1 Å². The maximum atomic E-state index is 11.6. The number of carbonyl (C=O) groups is 3. The van der Waals surface area contributed by atoms with Gasteiger partial charge in [0.2, 0.25) is 11.8 Å². The number of carbonyl (C=O) groups excluding carboxylic acids is 2. The molecule has 1 rings (SSSR count). The fourth-order valence-corrected chi connectivity index (χ4v) is 1.69. The van der Waals surface area contributed by atoms with Crippen LogP contribution in [0.1, 0.15) is 6.92 Å². The Balaban J connectivity index is 2.20. The van der Waals surface area contributed by atoms with Crippen molar-refractivity contribution in [3.05, 3.63) is 0 Å². The summed E-state index contributed by atoms with van der Waals surface area (Å²) in [4.78, 5) is 34.7. The molecule has 8 nitrogen and oxygen atoms in total. The molecule has 0 radical (unpaired) electrons. The summed E-state index contributed by atoms with van der Waals surface area (Å²) in [5.41, 5.74) is 0. The quantitative estimate of drug-likeness (QED) is 0.484. The average Bonchev–Trinajstić information content (AvgIpc) is 2.34. The molecule has 1 atom stereocenters. The van der Waals surface area contributed by atoms with Crippen molar-refractivity contribution < 1.29 is 24.2 Å². The summed E-state index contributed by atoms with van der Waals surface area (Å²) < 4.78 is 5.06. The lowest BCUT2D eigenvalue weighted by Gasteiger charge is -2.30. The van der Waals surface area contributed by atoms with Gasteiger partial charge < -0.3 is 20.5 Å². The van der Waals surface area contributed by atoms with E-state index in [9.17, 15) is 14.4 Å². The van der Waals surface area contributed by atoms with Crippen LogP contribution >= 0.6 is 0 Å². The second kappa shape index (κ2) is 7.70. The Kier molecular flexibility index (Phi) is 6.23. The molecular weight excluding hydrogens is 254 g/mol. The fraction of sp³-hybridized carbons (Fsp3) is 0.727. The number of carboxylic acid groups (broad SMARTS) is 1. The van der Waals surface area contributed by atoms with Crippen molar-refractivity contribution in [2.45, 2.75) is 13.0 Å². The van der Waals surface area contributed by atoms with Gasteiger partial charge in [0.1, 0.15) is 0 Å². The SMILES string of the molecule is CC(=O)NCCNC(=O)CN1CCOC(C(=O)O)C1. The van der Waals surface area contributed by atoms with Crippen molar-refractivity contribution in [2.24, 2.45) is 0 Å². The highest BCUT2D eigenvalue weighted by Crippen LogP contribution is 2.04.